The number of hydrogen-bond donors (Lipinski definition) is 1. The van der Waals surface area contributed by atoms with Crippen molar-refractivity contribution in [3.8, 4) is 0 Å². The van der Waals surface area contributed by atoms with Crippen LogP contribution in [0.4, 0.5) is 10.1 Å². The van der Waals surface area contributed by atoms with Crippen molar-refractivity contribution in [1.82, 2.24) is 0 Å². The van der Waals surface area contributed by atoms with Crippen molar-refractivity contribution in [2.45, 2.75) is 62.6 Å². The van der Waals surface area contributed by atoms with Gasteiger partial charge in [-0.15, -0.1) is 0 Å². The second-order valence-electron chi connectivity index (χ2n) is 8.76. The molecule has 9 nitrogen and oxygen atoms in total. The topological polar surface area (TPSA) is 109 Å². The SMILES string of the molecule is CCOC(=O)C1=CC2(CCC1S(=O)(=O)Nc1ccc(F)cc1Cl)OC[C@H]([C@H]1COC(C)(C)O1)O2. The highest BCUT2D eigenvalue weighted by molar-refractivity contribution is 7.93. The first-order valence-electron chi connectivity index (χ1n) is 10.9. The maximum absolute atomic E-state index is 13.4. The molecule has 1 spiro atoms. The smallest absolute Gasteiger partial charge is 0.335 e. The Morgan fingerprint density at radius 3 is 2.59 bits per heavy atom. The molecule has 2 heterocycles. The predicted octanol–water partition coefficient (Wildman–Crippen LogP) is 3.14. The Hall–Kier alpha value is -1.76. The summed E-state index contributed by atoms with van der Waals surface area (Å²) in [5.41, 5.74) is -0.107. The van der Waals surface area contributed by atoms with Gasteiger partial charge in [-0.1, -0.05) is 11.6 Å². The normalized spacial score (nSPS) is 30.9. The zero-order valence-electron chi connectivity index (χ0n) is 19.0. The first-order chi connectivity index (χ1) is 15.9. The predicted molar refractivity (Wildman–Crippen MR) is 120 cm³/mol. The van der Waals surface area contributed by atoms with Gasteiger partial charge >= 0.3 is 5.97 Å². The first kappa shape index (κ1) is 25.3. The Morgan fingerprint density at radius 2 is 1.94 bits per heavy atom. The summed E-state index contributed by atoms with van der Waals surface area (Å²) in [5.74, 6) is -3.43. The van der Waals surface area contributed by atoms with E-state index in [-0.39, 0.29) is 48.4 Å². The van der Waals surface area contributed by atoms with Gasteiger partial charge in [0.15, 0.2) is 11.6 Å². The molecule has 188 valence electrons. The molecule has 12 heteroatoms. The van der Waals surface area contributed by atoms with Crippen LogP contribution in [0.15, 0.2) is 29.8 Å². The number of anilines is 1. The molecule has 1 aliphatic carbocycles. The average molecular weight is 520 g/mol. The van der Waals surface area contributed by atoms with E-state index < -0.39 is 44.7 Å². The van der Waals surface area contributed by atoms with Crippen LogP contribution < -0.4 is 4.72 Å². The van der Waals surface area contributed by atoms with E-state index in [1.54, 1.807) is 20.8 Å². The van der Waals surface area contributed by atoms with Crippen LogP contribution in [0.25, 0.3) is 0 Å². The Labute approximate surface area is 202 Å². The standard InChI is InChI=1S/C22H27ClFNO8S/c1-4-29-20(26)14-10-22(31-12-18(33-22)17-11-30-21(2,3)32-17)8-7-19(14)34(27,28)25-16-6-5-13(24)9-15(16)23/h5-6,9-10,17-19,25H,4,7-8,11-12H2,1-3H3/t17-,18-,19?,22?/m1/s1. The summed E-state index contributed by atoms with van der Waals surface area (Å²) < 4.78 is 70.8. The molecule has 2 fully saturated rings. The third-order valence-electron chi connectivity index (χ3n) is 5.83. The molecule has 1 aromatic carbocycles. The Bertz CT molecular complexity index is 1090. The van der Waals surface area contributed by atoms with Crippen molar-refractivity contribution in [3.05, 3.63) is 40.7 Å². The van der Waals surface area contributed by atoms with Crippen LogP contribution in [0, 0.1) is 5.82 Å². The summed E-state index contributed by atoms with van der Waals surface area (Å²) in [6.45, 7) is 5.79. The molecule has 1 N–H and O–H groups in total. The maximum atomic E-state index is 13.4. The fourth-order valence-corrected chi connectivity index (χ4v) is 6.07. The molecule has 3 aliphatic rings. The number of carbonyl (C=O) groups excluding carboxylic acids is 1. The molecule has 0 saturated carbocycles. The number of esters is 1. The van der Waals surface area contributed by atoms with Crippen molar-refractivity contribution < 1.29 is 41.3 Å². The largest absolute Gasteiger partial charge is 0.463 e. The van der Waals surface area contributed by atoms with E-state index in [4.69, 9.17) is 35.3 Å². The van der Waals surface area contributed by atoms with Crippen LogP contribution in [0.3, 0.4) is 0 Å². The van der Waals surface area contributed by atoms with Gasteiger partial charge in [0, 0.05) is 6.42 Å². The zero-order valence-corrected chi connectivity index (χ0v) is 20.6. The summed E-state index contributed by atoms with van der Waals surface area (Å²) >= 11 is 5.98. The summed E-state index contributed by atoms with van der Waals surface area (Å²) in [6, 6.07) is 3.29. The monoisotopic (exact) mass is 519 g/mol. The van der Waals surface area contributed by atoms with Gasteiger partial charge in [0.05, 0.1) is 36.1 Å². The van der Waals surface area contributed by atoms with Crippen LogP contribution in [0.2, 0.25) is 5.02 Å². The molecular formula is C22H27ClFNO8S. The highest BCUT2D eigenvalue weighted by atomic mass is 35.5. The summed E-state index contributed by atoms with van der Waals surface area (Å²) in [5, 5.41) is -1.36. The number of halogens is 2. The molecule has 4 rings (SSSR count). The van der Waals surface area contributed by atoms with Crippen molar-refractivity contribution in [3.63, 3.8) is 0 Å². The van der Waals surface area contributed by atoms with Gasteiger partial charge in [0.1, 0.15) is 23.3 Å². The molecule has 1 aromatic rings. The van der Waals surface area contributed by atoms with Gasteiger partial charge in [0.2, 0.25) is 10.0 Å². The van der Waals surface area contributed by atoms with Gasteiger partial charge < -0.3 is 23.7 Å². The number of rotatable bonds is 6. The molecule has 0 aromatic heterocycles. The van der Waals surface area contributed by atoms with Crippen LogP contribution in [0.5, 0.6) is 0 Å². The second kappa shape index (κ2) is 9.36. The van der Waals surface area contributed by atoms with Crippen LogP contribution in [-0.2, 0) is 38.5 Å². The lowest BCUT2D eigenvalue weighted by Gasteiger charge is -2.34. The number of nitrogens with one attached hydrogen (secondary N) is 1. The van der Waals surface area contributed by atoms with Crippen molar-refractivity contribution in [2.75, 3.05) is 24.5 Å². The third kappa shape index (κ3) is 5.24. The van der Waals surface area contributed by atoms with Crippen molar-refractivity contribution in [1.29, 1.82) is 0 Å². The summed E-state index contributed by atoms with van der Waals surface area (Å²) in [6.07, 6.45) is 0.750. The first-order valence-corrected chi connectivity index (χ1v) is 12.9. The van der Waals surface area contributed by atoms with Crippen molar-refractivity contribution >= 4 is 33.3 Å². The minimum Gasteiger partial charge on any atom is -0.463 e. The van der Waals surface area contributed by atoms with Gasteiger partial charge in [-0.05, 0) is 51.5 Å². The molecule has 0 bridgehead atoms. The van der Waals surface area contributed by atoms with Gasteiger partial charge in [0.25, 0.3) is 0 Å². The van der Waals surface area contributed by atoms with E-state index in [1.807, 2.05) is 0 Å². The molecule has 2 aliphatic heterocycles. The summed E-state index contributed by atoms with van der Waals surface area (Å²) in [4.78, 5) is 12.8. The van der Waals surface area contributed by atoms with Crippen LogP contribution in [0.1, 0.15) is 33.6 Å². The molecule has 0 amide bonds. The zero-order chi connectivity index (χ0) is 24.7. The summed E-state index contributed by atoms with van der Waals surface area (Å²) in [7, 11) is -4.16. The number of carbonyl (C=O) groups is 1. The van der Waals surface area contributed by atoms with E-state index in [1.165, 1.54) is 12.1 Å². The maximum Gasteiger partial charge on any atom is 0.335 e. The number of sulfonamides is 1. The molecule has 4 atom stereocenters. The molecule has 2 saturated heterocycles. The fraction of sp³-hybridized carbons (Fsp3) is 0.591. The highest BCUT2D eigenvalue weighted by Gasteiger charge is 2.51. The van der Waals surface area contributed by atoms with Gasteiger partial charge in [-0.25, -0.2) is 17.6 Å². The number of hydrogen-bond acceptors (Lipinski definition) is 8. The highest BCUT2D eigenvalue weighted by Crippen LogP contribution is 2.41. The van der Waals surface area contributed by atoms with Crippen molar-refractivity contribution in [2.24, 2.45) is 0 Å². The number of ether oxygens (including phenoxy) is 5. The lowest BCUT2D eigenvalue weighted by atomic mass is 9.94. The van der Waals surface area contributed by atoms with Gasteiger partial charge in [-0.3, -0.25) is 4.72 Å². The van der Waals surface area contributed by atoms with E-state index in [9.17, 15) is 17.6 Å². The molecule has 0 radical (unpaired) electrons. The molecular weight excluding hydrogens is 493 g/mol. The van der Waals surface area contributed by atoms with E-state index in [2.05, 4.69) is 4.72 Å². The Balaban J connectivity index is 1.59. The Kier molecular flexibility index (Phi) is 6.98. The number of benzene rings is 1. The van der Waals surface area contributed by atoms with Crippen LogP contribution in [-0.4, -0.2) is 63.2 Å². The lowest BCUT2D eigenvalue weighted by molar-refractivity contribution is -0.174. The fourth-order valence-electron chi connectivity index (χ4n) is 4.25. The van der Waals surface area contributed by atoms with E-state index in [0.29, 0.717) is 6.61 Å². The molecule has 34 heavy (non-hydrogen) atoms. The molecule has 2 unspecified atom stereocenters. The van der Waals surface area contributed by atoms with E-state index in [0.717, 1.165) is 12.1 Å². The minimum atomic E-state index is -4.16. The minimum absolute atomic E-state index is 0.000916. The van der Waals surface area contributed by atoms with E-state index >= 15 is 0 Å². The lowest BCUT2D eigenvalue weighted by Crippen LogP contribution is -2.43. The third-order valence-corrected chi connectivity index (χ3v) is 7.89. The quantitative estimate of drug-likeness (QED) is 0.571. The second-order valence-corrected chi connectivity index (χ2v) is 11.0. The van der Waals surface area contributed by atoms with Crippen LogP contribution >= 0.6 is 11.6 Å². The average Bonchev–Trinajstić information content (AvgIpc) is 3.33. The Morgan fingerprint density at radius 1 is 1.24 bits per heavy atom. The van der Waals surface area contributed by atoms with Gasteiger partial charge in [-0.2, -0.15) is 0 Å².